The van der Waals surface area contributed by atoms with Crippen molar-refractivity contribution >= 4 is 11.8 Å². The van der Waals surface area contributed by atoms with E-state index in [0.29, 0.717) is 13.1 Å². The summed E-state index contributed by atoms with van der Waals surface area (Å²) in [4.78, 5) is 29.2. The first kappa shape index (κ1) is 17.3. The Kier molecular flexibility index (Phi) is 4.85. The van der Waals surface area contributed by atoms with Gasteiger partial charge < -0.3 is 15.5 Å². The summed E-state index contributed by atoms with van der Waals surface area (Å²) in [5, 5.41) is 0. The SMILES string of the molecule is CC1(C)CC(N)CC(C)(C)N1C(=O)C(=O)N1CCCCCC1. The summed E-state index contributed by atoms with van der Waals surface area (Å²) in [6, 6.07) is 0.0716. The molecule has 0 aromatic rings. The Morgan fingerprint density at radius 1 is 0.864 bits per heavy atom. The van der Waals surface area contributed by atoms with Gasteiger partial charge in [0.1, 0.15) is 0 Å². The van der Waals surface area contributed by atoms with Crippen molar-refractivity contribution in [1.29, 1.82) is 0 Å². The molecule has 2 heterocycles. The Morgan fingerprint density at radius 3 is 1.77 bits per heavy atom. The molecule has 2 saturated heterocycles. The molecule has 22 heavy (non-hydrogen) atoms. The van der Waals surface area contributed by atoms with Gasteiger partial charge in [0, 0.05) is 30.2 Å². The van der Waals surface area contributed by atoms with Gasteiger partial charge in [0.2, 0.25) is 0 Å². The first-order chi connectivity index (χ1) is 10.1. The minimum atomic E-state index is -0.389. The molecule has 5 nitrogen and oxygen atoms in total. The first-order valence-corrected chi connectivity index (χ1v) is 8.54. The Balaban J connectivity index is 2.20. The number of amides is 2. The fraction of sp³-hybridized carbons (Fsp3) is 0.882. The molecule has 5 heteroatoms. The molecule has 2 N–H and O–H groups in total. The van der Waals surface area contributed by atoms with Crippen LogP contribution in [-0.2, 0) is 9.59 Å². The number of carbonyl (C=O) groups excluding carboxylic acids is 2. The van der Waals surface area contributed by atoms with Crippen LogP contribution in [0, 0.1) is 0 Å². The van der Waals surface area contributed by atoms with E-state index in [9.17, 15) is 9.59 Å². The highest BCUT2D eigenvalue weighted by molar-refractivity contribution is 6.35. The third kappa shape index (κ3) is 3.45. The second kappa shape index (κ2) is 6.19. The normalized spacial score (nSPS) is 25.7. The van der Waals surface area contributed by atoms with Gasteiger partial charge in [-0.25, -0.2) is 0 Å². The molecule has 0 aliphatic carbocycles. The topological polar surface area (TPSA) is 66.6 Å². The van der Waals surface area contributed by atoms with E-state index in [1.54, 1.807) is 9.80 Å². The van der Waals surface area contributed by atoms with Gasteiger partial charge in [-0.2, -0.15) is 0 Å². The Hall–Kier alpha value is -1.10. The van der Waals surface area contributed by atoms with Crippen molar-refractivity contribution in [2.75, 3.05) is 13.1 Å². The molecule has 126 valence electrons. The zero-order chi connectivity index (χ0) is 16.5. The summed E-state index contributed by atoms with van der Waals surface area (Å²) < 4.78 is 0. The molecular weight excluding hydrogens is 278 g/mol. The van der Waals surface area contributed by atoms with Crippen LogP contribution < -0.4 is 5.73 Å². The minimum absolute atomic E-state index is 0.0716. The summed E-state index contributed by atoms with van der Waals surface area (Å²) in [7, 11) is 0. The molecule has 2 amide bonds. The average molecular weight is 309 g/mol. The maximum atomic E-state index is 12.9. The molecule has 0 bridgehead atoms. The lowest BCUT2D eigenvalue weighted by Gasteiger charge is -2.54. The monoisotopic (exact) mass is 309 g/mol. The van der Waals surface area contributed by atoms with E-state index in [1.807, 2.05) is 27.7 Å². The predicted molar refractivity (Wildman–Crippen MR) is 87.3 cm³/mol. The van der Waals surface area contributed by atoms with Crippen molar-refractivity contribution in [3.05, 3.63) is 0 Å². The molecule has 2 fully saturated rings. The molecule has 0 saturated carbocycles. The maximum absolute atomic E-state index is 12.9. The first-order valence-electron chi connectivity index (χ1n) is 8.54. The maximum Gasteiger partial charge on any atom is 0.312 e. The van der Waals surface area contributed by atoms with E-state index in [-0.39, 0.29) is 28.9 Å². The molecule has 2 aliphatic heterocycles. The lowest BCUT2D eigenvalue weighted by molar-refractivity contribution is -0.163. The molecule has 0 unspecified atom stereocenters. The van der Waals surface area contributed by atoms with Crippen LogP contribution in [0.25, 0.3) is 0 Å². The van der Waals surface area contributed by atoms with E-state index >= 15 is 0 Å². The van der Waals surface area contributed by atoms with E-state index in [1.165, 1.54) is 0 Å². The number of hydrogen-bond acceptors (Lipinski definition) is 3. The Morgan fingerprint density at radius 2 is 1.32 bits per heavy atom. The third-order valence-corrected chi connectivity index (χ3v) is 5.01. The van der Waals surface area contributed by atoms with Crippen LogP contribution in [-0.4, -0.2) is 51.8 Å². The molecule has 2 aliphatic rings. The average Bonchev–Trinajstić information content (AvgIpc) is 2.62. The van der Waals surface area contributed by atoms with Crippen LogP contribution >= 0.6 is 0 Å². The second-order valence-electron chi connectivity index (χ2n) is 8.14. The number of piperidine rings is 1. The quantitative estimate of drug-likeness (QED) is 0.695. The summed E-state index contributed by atoms with van der Waals surface area (Å²) >= 11 is 0. The van der Waals surface area contributed by atoms with Crippen molar-refractivity contribution in [2.45, 2.75) is 83.3 Å². The molecule has 0 atom stereocenters. The fourth-order valence-electron chi connectivity index (χ4n) is 4.41. The third-order valence-electron chi connectivity index (χ3n) is 5.01. The van der Waals surface area contributed by atoms with Crippen LogP contribution in [0.2, 0.25) is 0 Å². The number of hydrogen-bond donors (Lipinski definition) is 1. The summed E-state index contributed by atoms with van der Waals surface area (Å²) in [5.74, 6) is -0.692. The van der Waals surface area contributed by atoms with Crippen molar-refractivity contribution in [3.63, 3.8) is 0 Å². The number of nitrogens with two attached hydrogens (primary N) is 1. The lowest BCUT2D eigenvalue weighted by atomic mass is 9.77. The van der Waals surface area contributed by atoms with Gasteiger partial charge in [-0.15, -0.1) is 0 Å². The second-order valence-corrected chi connectivity index (χ2v) is 8.14. The standard InChI is InChI=1S/C17H31N3O2/c1-16(2)11-13(18)12-17(3,4)20(16)15(22)14(21)19-9-7-5-6-8-10-19/h13H,5-12,18H2,1-4H3. The van der Waals surface area contributed by atoms with E-state index in [2.05, 4.69) is 0 Å². The van der Waals surface area contributed by atoms with E-state index < -0.39 is 0 Å². The summed E-state index contributed by atoms with van der Waals surface area (Å²) in [5.41, 5.74) is 5.38. The molecule has 0 spiro atoms. The van der Waals surface area contributed by atoms with Crippen molar-refractivity contribution in [2.24, 2.45) is 5.73 Å². The number of carbonyl (C=O) groups is 2. The highest BCUT2D eigenvalue weighted by Gasteiger charge is 2.49. The molecule has 0 aromatic heterocycles. The zero-order valence-electron chi connectivity index (χ0n) is 14.5. The number of likely N-dealkylation sites (tertiary alicyclic amines) is 2. The summed E-state index contributed by atoms with van der Waals surface area (Å²) in [6.45, 7) is 9.48. The molecule has 0 aromatic carbocycles. The smallest absolute Gasteiger partial charge is 0.312 e. The van der Waals surface area contributed by atoms with E-state index in [4.69, 9.17) is 5.73 Å². The highest BCUT2D eigenvalue weighted by Crippen LogP contribution is 2.38. The minimum Gasteiger partial charge on any atom is -0.334 e. The predicted octanol–water partition coefficient (Wildman–Crippen LogP) is 1.90. The van der Waals surface area contributed by atoms with Crippen LogP contribution in [0.5, 0.6) is 0 Å². The van der Waals surface area contributed by atoms with Crippen molar-refractivity contribution < 1.29 is 9.59 Å². The lowest BCUT2D eigenvalue weighted by Crippen LogP contribution is -2.67. The van der Waals surface area contributed by atoms with Crippen molar-refractivity contribution in [1.82, 2.24) is 9.80 Å². The van der Waals surface area contributed by atoms with Crippen LogP contribution in [0.15, 0.2) is 0 Å². The van der Waals surface area contributed by atoms with Crippen LogP contribution in [0.1, 0.15) is 66.2 Å². The number of nitrogens with zero attached hydrogens (tertiary/aromatic N) is 2. The summed E-state index contributed by atoms with van der Waals surface area (Å²) in [6.07, 6.45) is 5.75. The van der Waals surface area contributed by atoms with Gasteiger partial charge in [-0.05, 0) is 53.4 Å². The number of rotatable bonds is 0. The Labute approximate surface area is 134 Å². The van der Waals surface area contributed by atoms with Gasteiger partial charge in [-0.3, -0.25) is 9.59 Å². The van der Waals surface area contributed by atoms with Gasteiger partial charge in [0.15, 0.2) is 0 Å². The Bertz CT molecular complexity index is 419. The molecule has 2 rings (SSSR count). The van der Waals surface area contributed by atoms with Crippen molar-refractivity contribution in [3.8, 4) is 0 Å². The van der Waals surface area contributed by atoms with Crippen LogP contribution in [0.3, 0.4) is 0 Å². The molecular formula is C17H31N3O2. The van der Waals surface area contributed by atoms with Crippen LogP contribution in [0.4, 0.5) is 0 Å². The van der Waals surface area contributed by atoms with Gasteiger partial charge in [0.05, 0.1) is 0 Å². The fourth-order valence-corrected chi connectivity index (χ4v) is 4.41. The zero-order valence-corrected chi connectivity index (χ0v) is 14.5. The van der Waals surface area contributed by atoms with Gasteiger partial charge >= 0.3 is 11.8 Å². The molecule has 0 radical (unpaired) electrons. The largest absolute Gasteiger partial charge is 0.334 e. The van der Waals surface area contributed by atoms with Gasteiger partial charge in [-0.1, -0.05) is 12.8 Å². The van der Waals surface area contributed by atoms with E-state index in [0.717, 1.165) is 38.5 Å². The highest BCUT2D eigenvalue weighted by atomic mass is 16.2. The van der Waals surface area contributed by atoms with Gasteiger partial charge in [0.25, 0.3) is 0 Å².